The first-order valence-electron chi connectivity index (χ1n) is 6.31. The van der Waals surface area contributed by atoms with Crippen LogP contribution in [0.4, 0.5) is 5.82 Å². The van der Waals surface area contributed by atoms with Crippen LogP contribution >= 0.6 is 0 Å². The molecule has 0 radical (unpaired) electrons. The van der Waals surface area contributed by atoms with Crippen LogP contribution < -0.4 is 4.90 Å². The smallest absolute Gasteiger partial charge is 0.326 e. The van der Waals surface area contributed by atoms with E-state index in [1.54, 1.807) is 12.1 Å². The third-order valence-corrected chi connectivity index (χ3v) is 3.68. The van der Waals surface area contributed by atoms with Gasteiger partial charge >= 0.3 is 5.97 Å². The number of carboxylic acid groups (broad SMARTS) is 1. The van der Waals surface area contributed by atoms with Crippen LogP contribution in [0, 0.1) is 16.7 Å². The van der Waals surface area contributed by atoms with Crippen molar-refractivity contribution in [2.45, 2.75) is 32.7 Å². The Morgan fingerprint density at radius 3 is 2.84 bits per heavy atom. The predicted octanol–water partition coefficient (Wildman–Crippen LogP) is 2.03. The van der Waals surface area contributed by atoms with E-state index in [2.05, 4.69) is 4.98 Å². The van der Waals surface area contributed by atoms with Crippen molar-refractivity contribution in [3.63, 3.8) is 0 Å². The summed E-state index contributed by atoms with van der Waals surface area (Å²) in [7, 11) is 0. The van der Waals surface area contributed by atoms with Crippen LogP contribution in [-0.4, -0.2) is 28.6 Å². The number of aromatic nitrogens is 1. The maximum absolute atomic E-state index is 11.6. The Kier molecular flexibility index (Phi) is 3.43. The molecule has 1 aliphatic heterocycles. The summed E-state index contributed by atoms with van der Waals surface area (Å²) in [5, 5.41) is 18.2. The largest absolute Gasteiger partial charge is 0.480 e. The Morgan fingerprint density at radius 1 is 1.58 bits per heavy atom. The van der Waals surface area contributed by atoms with Gasteiger partial charge in [0.2, 0.25) is 0 Å². The van der Waals surface area contributed by atoms with Crippen molar-refractivity contribution < 1.29 is 9.90 Å². The van der Waals surface area contributed by atoms with Gasteiger partial charge in [0, 0.05) is 12.7 Å². The number of carboxylic acids is 1. The Morgan fingerprint density at radius 2 is 2.32 bits per heavy atom. The summed E-state index contributed by atoms with van der Waals surface area (Å²) in [6.45, 7) is 4.63. The second-order valence-electron chi connectivity index (χ2n) is 5.54. The van der Waals surface area contributed by atoms with Gasteiger partial charge in [-0.2, -0.15) is 5.26 Å². The molecule has 5 nitrogen and oxygen atoms in total. The Hall–Kier alpha value is -2.09. The van der Waals surface area contributed by atoms with E-state index in [1.807, 2.05) is 24.8 Å². The molecule has 100 valence electrons. The lowest BCUT2D eigenvalue weighted by Crippen LogP contribution is -2.54. The van der Waals surface area contributed by atoms with Gasteiger partial charge in [-0.15, -0.1) is 0 Å². The molecule has 1 aliphatic rings. The Labute approximate surface area is 112 Å². The van der Waals surface area contributed by atoms with E-state index in [4.69, 9.17) is 5.26 Å². The van der Waals surface area contributed by atoms with Crippen molar-refractivity contribution in [3.8, 4) is 6.07 Å². The molecule has 1 atom stereocenters. The molecule has 0 amide bonds. The van der Waals surface area contributed by atoms with E-state index in [1.165, 1.54) is 6.20 Å². The number of piperidine rings is 1. The van der Waals surface area contributed by atoms with Gasteiger partial charge in [0.1, 0.15) is 17.9 Å². The van der Waals surface area contributed by atoms with Crippen molar-refractivity contribution in [1.29, 1.82) is 5.26 Å². The number of rotatable bonds is 2. The van der Waals surface area contributed by atoms with Crippen LogP contribution in [0.3, 0.4) is 0 Å². The molecule has 0 saturated carbocycles. The zero-order valence-corrected chi connectivity index (χ0v) is 11.1. The molecule has 1 aromatic heterocycles. The molecule has 0 aliphatic carbocycles. The van der Waals surface area contributed by atoms with E-state index >= 15 is 0 Å². The molecule has 19 heavy (non-hydrogen) atoms. The van der Waals surface area contributed by atoms with Crippen LogP contribution in [-0.2, 0) is 4.79 Å². The minimum atomic E-state index is -0.823. The number of anilines is 1. The molecular weight excluding hydrogens is 242 g/mol. The minimum Gasteiger partial charge on any atom is -0.480 e. The summed E-state index contributed by atoms with van der Waals surface area (Å²) in [4.78, 5) is 17.6. The maximum Gasteiger partial charge on any atom is 0.326 e. The lowest BCUT2D eigenvalue weighted by Gasteiger charge is -2.44. The molecule has 1 N–H and O–H groups in total. The first kappa shape index (κ1) is 13.3. The van der Waals surface area contributed by atoms with Crippen LogP contribution in [0.25, 0.3) is 0 Å². The highest BCUT2D eigenvalue weighted by Crippen LogP contribution is 2.37. The lowest BCUT2D eigenvalue weighted by atomic mass is 9.76. The monoisotopic (exact) mass is 259 g/mol. The van der Waals surface area contributed by atoms with E-state index < -0.39 is 12.0 Å². The predicted molar refractivity (Wildman–Crippen MR) is 70.7 cm³/mol. The zero-order valence-electron chi connectivity index (χ0n) is 11.1. The average Bonchev–Trinajstić information content (AvgIpc) is 2.37. The highest BCUT2D eigenvalue weighted by molar-refractivity contribution is 5.79. The molecular formula is C14H17N3O2. The van der Waals surface area contributed by atoms with Crippen molar-refractivity contribution in [1.82, 2.24) is 4.98 Å². The lowest BCUT2D eigenvalue weighted by molar-refractivity contribution is -0.142. The minimum absolute atomic E-state index is 0.292. The highest BCUT2D eigenvalue weighted by atomic mass is 16.4. The molecule has 1 fully saturated rings. The zero-order chi connectivity index (χ0) is 14.0. The topological polar surface area (TPSA) is 77.2 Å². The maximum atomic E-state index is 11.6. The molecule has 1 unspecified atom stereocenters. The number of nitriles is 1. The van der Waals surface area contributed by atoms with Crippen molar-refractivity contribution in [2.75, 3.05) is 11.4 Å². The van der Waals surface area contributed by atoms with Crippen molar-refractivity contribution >= 4 is 11.8 Å². The second-order valence-corrected chi connectivity index (χ2v) is 5.54. The van der Waals surface area contributed by atoms with E-state index in [-0.39, 0.29) is 5.41 Å². The highest BCUT2D eigenvalue weighted by Gasteiger charge is 2.42. The number of aliphatic carboxylic acids is 1. The van der Waals surface area contributed by atoms with Crippen LogP contribution in [0.1, 0.15) is 32.3 Å². The summed E-state index contributed by atoms with van der Waals surface area (Å²) in [6, 6.07) is 4.82. The standard InChI is InChI=1S/C14H17N3O2/c1-14(2)6-3-7-17(12(14)13(18)19)11-5-4-10(8-15)9-16-11/h4-5,9,12H,3,6-7H2,1-2H3,(H,18,19). The Balaban J connectivity index is 2.35. The van der Waals surface area contributed by atoms with Crippen molar-refractivity contribution in [3.05, 3.63) is 23.9 Å². The van der Waals surface area contributed by atoms with Gasteiger partial charge in [0.15, 0.2) is 0 Å². The third kappa shape index (κ3) is 2.53. The Bertz CT molecular complexity index is 516. The summed E-state index contributed by atoms with van der Waals surface area (Å²) in [5.41, 5.74) is 0.187. The summed E-state index contributed by atoms with van der Waals surface area (Å²) in [5.74, 6) is -0.199. The molecule has 2 heterocycles. The van der Waals surface area contributed by atoms with Gasteiger partial charge in [0.25, 0.3) is 0 Å². The summed E-state index contributed by atoms with van der Waals surface area (Å²) in [6.07, 6.45) is 3.31. The normalized spacial score (nSPS) is 21.7. The van der Waals surface area contributed by atoms with E-state index in [9.17, 15) is 9.90 Å². The molecule has 2 rings (SSSR count). The number of carbonyl (C=O) groups is 1. The fraction of sp³-hybridized carbons (Fsp3) is 0.500. The van der Waals surface area contributed by atoms with Crippen LogP contribution in [0.2, 0.25) is 0 Å². The number of nitrogens with zero attached hydrogens (tertiary/aromatic N) is 3. The summed E-state index contributed by atoms with van der Waals surface area (Å²) < 4.78 is 0. The first-order valence-corrected chi connectivity index (χ1v) is 6.31. The summed E-state index contributed by atoms with van der Waals surface area (Å²) >= 11 is 0. The van der Waals surface area contributed by atoms with Gasteiger partial charge in [-0.05, 0) is 30.4 Å². The van der Waals surface area contributed by atoms with Gasteiger partial charge < -0.3 is 10.0 Å². The quantitative estimate of drug-likeness (QED) is 0.879. The van der Waals surface area contributed by atoms with Gasteiger partial charge in [-0.1, -0.05) is 13.8 Å². The molecule has 1 saturated heterocycles. The van der Waals surface area contributed by atoms with Crippen LogP contribution in [0.5, 0.6) is 0 Å². The number of hydrogen-bond donors (Lipinski definition) is 1. The molecule has 0 bridgehead atoms. The second kappa shape index (κ2) is 4.88. The SMILES string of the molecule is CC1(C)CCCN(c2ccc(C#N)cn2)C1C(=O)O. The first-order chi connectivity index (χ1) is 8.95. The molecule has 0 aromatic carbocycles. The van der Waals surface area contributed by atoms with E-state index in [0.29, 0.717) is 17.9 Å². The fourth-order valence-corrected chi connectivity index (χ4v) is 2.73. The molecule has 1 aromatic rings. The average molecular weight is 259 g/mol. The van der Waals surface area contributed by atoms with Gasteiger partial charge in [-0.3, -0.25) is 0 Å². The fourth-order valence-electron chi connectivity index (χ4n) is 2.73. The molecule has 0 spiro atoms. The number of pyridine rings is 1. The van der Waals surface area contributed by atoms with Crippen molar-refractivity contribution in [2.24, 2.45) is 5.41 Å². The van der Waals surface area contributed by atoms with Gasteiger partial charge in [-0.25, -0.2) is 9.78 Å². The third-order valence-electron chi connectivity index (χ3n) is 3.68. The number of hydrogen-bond acceptors (Lipinski definition) is 4. The van der Waals surface area contributed by atoms with E-state index in [0.717, 1.165) is 12.8 Å². The molecule has 5 heteroatoms. The van der Waals surface area contributed by atoms with Crippen LogP contribution in [0.15, 0.2) is 18.3 Å². The van der Waals surface area contributed by atoms with Gasteiger partial charge in [0.05, 0.1) is 5.56 Å².